The van der Waals surface area contributed by atoms with E-state index in [2.05, 4.69) is 108 Å². The summed E-state index contributed by atoms with van der Waals surface area (Å²) < 4.78 is 17.5. The smallest absolute Gasteiger partial charge is 0.238 e. The van der Waals surface area contributed by atoms with E-state index in [1.807, 2.05) is 47.7 Å². The van der Waals surface area contributed by atoms with Gasteiger partial charge in [0.1, 0.15) is 16.7 Å². The van der Waals surface area contributed by atoms with Crippen LogP contribution in [-0.2, 0) is 0 Å². The number of thiophene rings is 1. The molecule has 0 N–H and O–H groups in total. The number of hydrogen-bond donors (Lipinski definition) is 0. The van der Waals surface area contributed by atoms with Crippen molar-refractivity contribution in [2.24, 2.45) is 0 Å². The molecule has 0 aliphatic heterocycles. The van der Waals surface area contributed by atoms with Gasteiger partial charge in [0.05, 0.1) is 26.8 Å². The number of hydrogen-bond acceptors (Lipinski definition) is 5. The van der Waals surface area contributed by atoms with E-state index in [1.165, 1.54) is 41.7 Å². The van der Waals surface area contributed by atoms with E-state index in [-0.39, 0.29) is 0 Å². The summed E-state index contributed by atoms with van der Waals surface area (Å²) in [5.41, 5.74) is 7.01. The zero-order valence-corrected chi connectivity index (χ0v) is 27.2. The monoisotopic (exact) mass is 657 g/mol. The maximum Gasteiger partial charge on any atom is 0.238 e. The van der Waals surface area contributed by atoms with E-state index in [9.17, 15) is 0 Å². The van der Waals surface area contributed by atoms with Crippen LogP contribution in [0.15, 0.2) is 148 Å². The summed E-state index contributed by atoms with van der Waals surface area (Å²) in [6.45, 7) is 0. The molecule has 0 saturated carbocycles. The first-order valence-electron chi connectivity index (χ1n) is 16.7. The van der Waals surface area contributed by atoms with Crippen molar-refractivity contribution in [3.05, 3.63) is 140 Å². The second kappa shape index (κ2) is 9.56. The standard InChI is InChI=1S/C44H23N3O2S/c1-2-13-27-26(12-1)37-28-14-3-7-17-32(28)47(41(37)42-38(27)30-16-6-10-20-36(30)50-42)44-45-40(39-29-15-5-9-19-34(29)49-43(39)46-44)24-21-22-35-31(23-24)25-11-4-8-18-33(25)48-35/h1-23H. The van der Waals surface area contributed by atoms with Crippen molar-refractivity contribution in [2.45, 2.75) is 0 Å². The fourth-order valence-corrected chi connectivity index (χ4v) is 9.39. The molecule has 0 radical (unpaired) electrons. The van der Waals surface area contributed by atoms with Crippen LogP contribution >= 0.6 is 11.3 Å². The van der Waals surface area contributed by atoms with Gasteiger partial charge in [0, 0.05) is 48.0 Å². The Hall–Kier alpha value is -6.50. The van der Waals surface area contributed by atoms with Gasteiger partial charge in [-0.15, -0.1) is 11.3 Å². The first-order chi connectivity index (χ1) is 24.8. The number of rotatable bonds is 2. The third-order valence-electron chi connectivity index (χ3n) is 10.2. The molecular formula is C44H23N3O2S. The van der Waals surface area contributed by atoms with Crippen molar-refractivity contribution in [1.29, 1.82) is 0 Å². The summed E-state index contributed by atoms with van der Waals surface area (Å²) in [5, 5.41) is 11.4. The maximum absolute atomic E-state index is 6.55. The SMILES string of the molecule is c1ccc2c(c1)oc1ccc(-c3nc(-n4c5ccccc5c5c6ccccc6c6c7ccccc7sc6c54)nc4oc5ccccc5c34)cc12. The van der Waals surface area contributed by atoms with Gasteiger partial charge >= 0.3 is 0 Å². The van der Waals surface area contributed by atoms with Crippen molar-refractivity contribution < 1.29 is 8.83 Å². The molecule has 0 bridgehead atoms. The van der Waals surface area contributed by atoms with Crippen LogP contribution in [0.2, 0.25) is 0 Å². The molecule has 0 spiro atoms. The van der Waals surface area contributed by atoms with Crippen LogP contribution in [-0.4, -0.2) is 14.5 Å². The van der Waals surface area contributed by atoms with Crippen LogP contribution < -0.4 is 0 Å². The van der Waals surface area contributed by atoms with Gasteiger partial charge in [0.15, 0.2) is 0 Å². The number of para-hydroxylation sites is 3. The average molecular weight is 658 g/mol. The molecule has 12 rings (SSSR count). The Bertz CT molecular complexity index is 3400. The normalized spacial score (nSPS) is 12.4. The fraction of sp³-hybridized carbons (Fsp3) is 0. The van der Waals surface area contributed by atoms with Crippen LogP contribution in [0.1, 0.15) is 0 Å². The Morgan fingerprint density at radius 3 is 1.96 bits per heavy atom. The number of benzene rings is 7. The summed E-state index contributed by atoms with van der Waals surface area (Å²) in [6, 6.07) is 48.8. The van der Waals surface area contributed by atoms with Crippen molar-refractivity contribution in [3.8, 4) is 17.2 Å². The van der Waals surface area contributed by atoms with E-state index in [0.717, 1.165) is 60.6 Å². The van der Waals surface area contributed by atoms with Crippen molar-refractivity contribution in [2.75, 3.05) is 0 Å². The first kappa shape index (κ1) is 26.5. The van der Waals surface area contributed by atoms with Crippen LogP contribution in [0.5, 0.6) is 0 Å². The minimum absolute atomic E-state index is 0.558. The van der Waals surface area contributed by atoms with Crippen molar-refractivity contribution in [1.82, 2.24) is 14.5 Å². The third kappa shape index (κ3) is 3.40. The molecule has 7 aromatic carbocycles. The summed E-state index contributed by atoms with van der Waals surface area (Å²) in [7, 11) is 0. The lowest BCUT2D eigenvalue weighted by Gasteiger charge is -2.11. The Morgan fingerprint density at radius 1 is 0.480 bits per heavy atom. The van der Waals surface area contributed by atoms with E-state index >= 15 is 0 Å². The molecule has 0 amide bonds. The molecule has 0 atom stereocenters. The Balaban J connectivity index is 1.27. The number of fused-ring (bicyclic) bond motifs is 16. The second-order valence-corrected chi connectivity index (χ2v) is 13.9. The van der Waals surface area contributed by atoms with E-state index in [0.29, 0.717) is 11.7 Å². The Kier molecular flexibility index (Phi) is 5.06. The van der Waals surface area contributed by atoms with Gasteiger partial charge in [0.25, 0.3) is 0 Å². The molecule has 0 aliphatic carbocycles. The molecule has 232 valence electrons. The lowest BCUT2D eigenvalue weighted by atomic mass is 9.99. The highest BCUT2D eigenvalue weighted by atomic mass is 32.1. The van der Waals surface area contributed by atoms with Gasteiger partial charge in [-0.05, 0) is 53.2 Å². The molecule has 50 heavy (non-hydrogen) atoms. The molecule has 12 aromatic rings. The van der Waals surface area contributed by atoms with Gasteiger partial charge in [-0.3, -0.25) is 4.57 Å². The van der Waals surface area contributed by atoms with Crippen LogP contribution in [0.4, 0.5) is 0 Å². The minimum Gasteiger partial charge on any atom is -0.456 e. The Morgan fingerprint density at radius 2 is 1.12 bits per heavy atom. The predicted octanol–water partition coefficient (Wildman–Crippen LogP) is 12.6. The molecule has 5 nitrogen and oxygen atoms in total. The zero-order valence-electron chi connectivity index (χ0n) is 26.3. The minimum atomic E-state index is 0.558. The quantitative estimate of drug-likeness (QED) is 0.186. The summed E-state index contributed by atoms with van der Waals surface area (Å²) >= 11 is 1.83. The summed E-state index contributed by atoms with van der Waals surface area (Å²) in [4.78, 5) is 10.8. The summed E-state index contributed by atoms with van der Waals surface area (Å²) in [6.07, 6.45) is 0. The molecule has 0 saturated heterocycles. The van der Waals surface area contributed by atoms with Crippen molar-refractivity contribution in [3.63, 3.8) is 0 Å². The second-order valence-electron chi connectivity index (χ2n) is 12.9. The Labute approximate surface area is 287 Å². The van der Waals surface area contributed by atoms with Gasteiger partial charge < -0.3 is 8.83 Å². The molecule has 5 aromatic heterocycles. The summed E-state index contributed by atoms with van der Waals surface area (Å²) in [5.74, 6) is 0.573. The largest absolute Gasteiger partial charge is 0.456 e. The molecular weight excluding hydrogens is 635 g/mol. The van der Waals surface area contributed by atoms with Gasteiger partial charge in [-0.2, -0.15) is 4.98 Å². The highest BCUT2D eigenvalue weighted by Gasteiger charge is 2.25. The van der Waals surface area contributed by atoms with Crippen LogP contribution in [0.25, 0.3) is 114 Å². The van der Waals surface area contributed by atoms with E-state index in [1.54, 1.807) is 0 Å². The van der Waals surface area contributed by atoms with Crippen LogP contribution in [0.3, 0.4) is 0 Å². The van der Waals surface area contributed by atoms with Gasteiger partial charge in [-0.25, -0.2) is 4.98 Å². The lowest BCUT2D eigenvalue weighted by Crippen LogP contribution is -2.03. The van der Waals surface area contributed by atoms with Gasteiger partial charge in [0.2, 0.25) is 11.7 Å². The maximum atomic E-state index is 6.55. The highest BCUT2D eigenvalue weighted by molar-refractivity contribution is 7.27. The van der Waals surface area contributed by atoms with Crippen LogP contribution in [0, 0.1) is 0 Å². The molecule has 0 unspecified atom stereocenters. The van der Waals surface area contributed by atoms with Crippen molar-refractivity contribution >= 4 is 108 Å². The van der Waals surface area contributed by atoms with Gasteiger partial charge in [-0.1, -0.05) is 97.1 Å². The van der Waals surface area contributed by atoms with E-state index in [4.69, 9.17) is 18.8 Å². The molecule has 5 heterocycles. The predicted molar refractivity (Wildman–Crippen MR) is 207 cm³/mol. The first-order valence-corrected chi connectivity index (χ1v) is 17.5. The third-order valence-corrected chi connectivity index (χ3v) is 11.4. The molecule has 6 heteroatoms. The number of furan rings is 2. The van der Waals surface area contributed by atoms with E-state index < -0.39 is 0 Å². The highest BCUT2D eigenvalue weighted by Crippen LogP contribution is 2.48. The average Bonchev–Trinajstić information content (AvgIpc) is 3.93. The fourth-order valence-electron chi connectivity index (χ4n) is 8.13. The lowest BCUT2D eigenvalue weighted by molar-refractivity contribution is 0.651. The zero-order chi connectivity index (χ0) is 32.5. The number of nitrogens with zero attached hydrogens (tertiary/aromatic N) is 3. The topological polar surface area (TPSA) is 57.0 Å². The molecule has 0 fully saturated rings. The number of aromatic nitrogens is 3. The molecule has 0 aliphatic rings.